The van der Waals surface area contributed by atoms with E-state index in [9.17, 15) is 0 Å². The van der Waals surface area contributed by atoms with Gasteiger partial charge in [-0.05, 0) is 68.9 Å². The van der Waals surface area contributed by atoms with E-state index in [0.717, 1.165) is 56.0 Å². The first kappa shape index (κ1) is 17.6. The molecule has 0 aromatic heterocycles. The van der Waals surface area contributed by atoms with Gasteiger partial charge in [0.05, 0.1) is 0 Å². The van der Waals surface area contributed by atoms with Gasteiger partial charge in [0.15, 0.2) is 5.11 Å². The van der Waals surface area contributed by atoms with Crippen LogP contribution in [0.4, 0.5) is 5.69 Å². The Bertz CT molecular complexity index is 564. The van der Waals surface area contributed by atoms with E-state index in [1.165, 1.54) is 24.0 Å². The smallest absolute Gasteiger partial charge is 0.171 e. The molecule has 0 atom stereocenters. The molecule has 4 nitrogen and oxygen atoms in total. The zero-order valence-corrected chi connectivity index (χ0v) is 15.6. The maximum atomic E-state index is 5.52. The molecule has 0 saturated carbocycles. The molecule has 2 heterocycles. The maximum absolute atomic E-state index is 5.52. The second-order valence-corrected chi connectivity index (χ2v) is 7.41. The molecule has 2 N–H and O–H groups in total. The molecule has 2 fully saturated rings. The Morgan fingerprint density at radius 3 is 2.54 bits per heavy atom. The van der Waals surface area contributed by atoms with Crippen molar-refractivity contribution in [3.8, 4) is 0 Å². The average Bonchev–Trinajstić information content (AvgIpc) is 2.60. The van der Waals surface area contributed by atoms with Crippen molar-refractivity contribution in [1.82, 2.24) is 10.2 Å². The van der Waals surface area contributed by atoms with Crippen LogP contribution in [0.15, 0.2) is 18.2 Å². The molecule has 0 aliphatic carbocycles. The fraction of sp³-hybridized carbons (Fsp3) is 0.632. The quantitative estimate of drug-likeness (QED) is 0.821. The Kier molecular flexibility index (Phi) is 6.09. The lowest BCUT2D eigenvalue weighted by atomic mass is 10.00. The normalized spacial score (nSPS) is 20.8. The van der Waals surface area contributed by atoms with Crippen LogP contribution in [0.25, 0.3) is 0 Å². The molecule has 1 aromatic carbocycles. The SMILES string of the molecule is Cc1cccc(NC(=S)NC2CCN(C3CCOCC3)CC2)c1C. The van der Waals surface area contributed by atoms with Crippen LogP contribution in [0, 0.1) is 13.8 Å². The number of rotatable bonds is 3. The lowest BCUT2D eigenvalue weighted by molar-refractivity contribution is 0.0247. The summed E-state index contributed by atoms with van der Waals surface area (Å²) < 4.78 is 5.47. The van der Waals surface area contributed by atoms with E-state index < -0.39 is 0 Å². The number of aryl methyl sites for hydroxylation is 1. The third-order valence-electron chi connectivity index (χ3n) is 5.42. The van der Waals surface area contributed by atoms with Crippen molar-refractivity contribution in [1.29, 1.82) is 0 Å². The highest BCUT2D eigenvalue weighted by atomic mass is 32.1. The summed E-state index contributed by atoms with van der Waals surface area (Å²) in [5.41, 5.74) is 3.65. The number of piperidine rings is 1. The molecule has 1 aromatic rings. The minimum absolute atomic E-state index is 0.478. The summed E-state index contributed by atoms with van der Waals surface area (Å²) in [4.78, 5) is 2.64. The van der Waals surface area contributed by atoms with Crippen molar-refractivity contribution in [2.75, 3.05) is 31.6 Å². The Morgan fingerprint density at radius 2 is 1.83 bits per heavy atom. The van der Waals surface area contributed by atoms with Gasteiger partial charge in [-0.2, -0.15) is 0 Å². The summed E-state index contributed by atoms with van der Waals surface area (Å²) in [6.45, 7) is 8.43. The third kappa shape index (κ3) is 4.47. The van der Waals surface area contributed by atoms with E-state index in [1.807, 2.05) is 0 Å². The van der Waals surface area contributed by atoms with Crippen LogP contribution < -0.4 is 10.6 Å². The van der Waals surface area contributed by atoms with Crippen LogP contribution in [0.5, 0.6) is 0 Å². The van der Waals surface area contributed by atoms with Crippen LogP contribution >= 0.6 is 12.2 Å². The van der Waals surface area contributed by atoms with Crippen molar-refractivity contribution in [3.05, 3.63) is 29.3 Å². The summed E-state index contributed by atoms with van der Waals surface area (Å²) >= 11 is 5.52. The van der Waals surface area contributed by atoms with Gasteiger partial charge in [-0.15, -0.1) is 0 Å². The Balaban J connectivity index is 1.45. The van der Waals surface area contributed by atoms with E-state index in [2.05, 4.69) is 47.6 Å². The minimum Gasteiger partial charge on any atom is -0.381 e. The standard InChI is InChI=1S/C19H29N3OS/c1-14-4-3-5-18(15(14)2)21-19(24)20-16-6-10-22(11-7-16)17-8-12-23-13-9-17/h3-5,16-17H,6-13H2,1-2H3,(H2,20,21,24). The van der Waals surface area contributed by atoms with E-state index in [1.54, 1.807) is 0 Å². The molecule has 0 spiro atoms. The van der Waals surface area contributed by atoms with Gasteiger partial charge >= 0.3 is 0 Å². The summed E-state index contributed by atoms with van der Waals surface area (Å²) in [5, 5.41) is 7.61. The molecule has 132 valence electrons. The maximum Gasteiger partial charge on any atom is 0.171 e. The Hall–Kier alpha value is -1.17. The minimum atomic E-state index is 0.478. The topological polar surface area (TPSA) is 36.5 Å². The lowest BCUT2D eigenvalue weighted by Crippen LogP contribution is -2.49. The van der Waals surface area contributed by atoms with E-state index >= 15 is 0 Å². The molecular formula is C19H29N3OS. The predicted octanol–water partition coefficient (Wildman–Crippen LogP) is 3.23. The molecule has 0 radical (unpaired) electrons. The molecule has 2 aliphatic rings. The van der Waals surface area contributed by atoms with Gasteiger partial charge in [0.2, 0.25) is 0 Å². The van der Waals surface area contributed by atoms with Crippen LogP contribution in [-0.4, -0.2) is 48.4 Å². The molecule has 0 unspecified atom stereocenters. The summed E-state index contributed by atoms with van der Waals surface area (Å²) in [6, 6.07) is 7.48. The first-order valence-electron chi connectivity index (χ1n) is 9.09. The largest absolute Gasteiger partial charge is 0.381 e. The number of nitrogens with zero attached hydrogens (tertiary/aromatic N) is 1. The van der Waals surface area contributed by atoms with Gasteiger partial charge < -0.3 is 20.3 Å². The zero-order valence-electron chi connectivity index (χ0n) is 14.8. The third-order valence-corrected chi connectivity index (χ3v) is 5.64. The molecule has 3 rings (SSSR count). The first-order chi connectivity index (χ1) is 11.6. The van der Waals surface area contributed by atoms with Gasteiger partial charge in [-0.1, -0.05) is 12.1 Å². The van der Waals surface area contributed by atoms with Gasteiger partial charge in [-0.25, -0.2) is 0 Å². The molecule has 2 saturated heterocycles. The van der Waals surface area contributed by atoms with Crippen molar-refractivity contribution >= 4 is 23.0 Å². The van der Waals surface area contributed by atoms with Crippen LogP contribution in [0.3, 0.4) is 0 Å². The van der Waals surface area contributed by atoms with E-state index in [-0.39, 0.29) is 0 Å². The van der Waals surface area contributed by atoms with Crippen LogP contribution in [-0.2, 0) is 4.74 Å². The molecule has 24 heavy (non-hydrogen) atoms. The monoisotopic (exact) mass is 347 g/mol. The Morgan fingerprint density at radius 1 is 1.12 bits per heavy atom. The van der Waals surface area contributed by atoms with Crippen molar-refractivity contribution in [2.24, 2.45) is 0 Å². The van der Waals surface area contributed by atoms with Gasteiger partial charge in [-0.3, -0.25) is 0 Å². The first-order valence-corrected chi connectivity index (χ1v) is 9.50. The van der Waals surface area contributed by atoms with Crippen molar-refractivity contribution < 1.29 is 4.74 Å². The van der Waals surface area contributed by atoms with Crippen molar-refractivity contribution in [3.63, 3.8) is 0 Å². The molecule has 0 bridgehead atoms. The second-order valence-electron chi connectivity index (χ2n) is 7.00. The number of anilines is 1. The highest BCUT2D eigenvalue weighted by Crippen LogP contribution is 2.21. The number of thiocarbonyl (C=S) groups is 1. The Labute approximate surface area is 150 Å². The summed E-state index contributed by atoms with van der Waals surface area (Å²) in [6.07, 6.45) is 4.69. The fourth-order valence-electron chi connectivity index (χ4n) is 3.69. The fourth-order valence-corrected chi connectivity index (χ4v) is 3.97. The number of ether oxygens (including phenoxy) is 1. The van der Waals surface area contributed by atoms with Gasteiger partial charge in [0.1, 0.15) is 0 Å². The van der Waals surface area contributed by atoms with Gasteiger partial charge in [0.25, 0.3) is 0 Å². The number of nitrogens with one attached hydrogen (secondary N) is 2. The predicted molar refractivity (Wildman–Crippen MR) is 104 cm³/mol. The molecule has 5 heteroatoms. The molecule has 0 amide bonds. The van der Waals surface area contributed by atoms with E-state index in [4.69, 9.17) is 17.0 Å². The highest BCUT2D eigenvalue weighted by molar-refractivity contribution is 7.80. The van der Waals surface area contributed by atoms with Crippen molar-refractivity contribution in [2.45, 2.75) is 51.6 Å². The second kappa shape index (κ2) is 8.28. The summed E-state index contributed by atoms with van der Waals surface area (Å²) in [5.74, 6) is 0. The number of benzene rings is 1. The number of hydrogen-bond donors (Lipinski definition) is 2. The van der Waals surface area contributed by atoms with E-state index in [0.29, 0.717) is 6.04 Å². The van der Waals surface area contributed by atoms with Crippen LogP contribution in [0.2, 0.25) is 0 Å². The van der Waals surface area contributed by atoms with Crippen LogP contribution in [0.1, 0.15) is 36.8 Å². The zero-order chi connectivity index (χ0) is 16.9. The average molecular weight is 348 g/mol. The highest BCUT2D eigenvalue weighted by Gasteiger charge is 2.26. The molecular weight excluding hydrogens is 318 g/mol. The number of likely N-dealkylation sites (tertiary alicyclic amines) is 1. The van der Waals surface area contributed by atoms with Gasteiger partial charge in [0, 0.05) is 44.1 Å². The summed E-state index contributed by atoms with van der Waals surface area (Å²) in [7, 11) is 0. The lowest BCUT2D eigenvalue weighted by Gasteiger charge is -2.39. The number of hydrogen-bond acceptors (Lipinski definition) is 3. The molecule has 2 aliphatic heterocycles.